The fourth-order valence-corrected chi connectivity index (χ4v) is 1.74. The molecule has 0 radical (unpaired) electrons. The Morgan fingerprint density at radius 3 is 2.29 bits per heavy atom. The minimum atomic E-state index is -0.0761. The number of amides is 1. The van der Waals surface area contributed by atoms with E-state index in [9.17, 15) is 4.79 Å². The highest BCUT2D eigenvalue weighted by Crippen LogP contribution is 2.06. The van der Waals surface area contributed by atoms with Gasteiger partial charge >= 0.3 is 0 Å². The van der Waals surface area contributed by atoms with Gasteiger partial charge in [0.05, 0.1) is 6.54 Å². The lowest BCUT2D eigenvalue weighted by Crippen LogP contribution is -2.47. The number of guanidine groups is 1. The summed E-state index contributed by atoms with van der Waals surface area (Å²) in [6.07, 6.45) is 0. The van der Waals surface area contributed by atoms with Crippen molar-refractivity contribution in [3.8, 4) is 0 Å². The first-order valence-corrected chi connectivity index (χ1v) is 7.23. The van der Waals surface area contributed by atoms with Crippen LogP contribution in [-0.4, -0.2) is 31.0 Å². The van der Waals surface area contributed by atoms with Gasteiger partial charge in [-0.05, 0) is 45.4 Å². The van der Waals surface area contributed by atoms with Crippen molar-refractivity contribution in [3.05, 3.63) is 35.4 Å². The summed E-state index contributed by atoms with van der Waals surface area (Å²) in [4.78, 5) is 16.0. The molecule has 1 aromatic carbocycles. The van der Waals surface area contributed by atoms with E-state index in [0.717, 1.165) is 18.1 Å². The van der Waals surface area contributed by atoms with Crippen LogP contribution < -0.4 is 16.0 Å². The molecule has 5 heteroatoms. The van der Waals surface area contributed by atoms with E-state index >= 15 is 0 Å². The van der Waals surface area contributed by atoms with Crippen LogP contribution in [0.2, 0.25) is 0 Å². The molecule has 0 aromatic heterocycles. The molecule has 21 heavy (non-hydrogen) atoms. The largest absolute Gasteiger partial charge is 0.357 e. The number of carbonyl (C=O) groups excluding carboxylic acids is 1. The van der Waals surface area contributed by atoms with E-state index in [1.807, 2.05) is 31.2 Å². The minimum Gasteiger partial charge on any atom is -0.357 e. The standard InChI is InChI=1S/C16H26N4O/c1-6-18-15(20-16(2,3)4)19-11-12-7-9-13(10-8-12)14(21)17-5/h7-10H,6,11H2,1-5H3,(H,17,21)(H2,18,19,20). The first kappa shape index (κ1) is 17.0. The number of nitrogens with zero attached hydrogens (tertiary/aromatic N) is 1. The Kier molecular flexibility index (Phi) is 6.21. The van der Waals surface area contributed by atoms with Crippen LogP contribution in [0.4, 0.5) is 0 Å². The summed E-state index contributed by atoms with van der Waals surface area (Å²) in [6, 6.07) is 7.48. The van der Waals surface area contributed by atoms with E-state index in [4.69, 9.17) is 0 Å². The summed E-state index contributed by atoms with van der Waals surface area (Å²) < 4.78 is 0. The minimum absolute atomic E-state index is 0.0376. The predicted octanol–water partition coefficient (Wildman–Crippen LogP) is 1.90. The van der Waals surface area contributed by atoms with Crippen molar-refractivity contribution in [2.24, 2.45) is 4.99 Å². The van der Waals surface area contributed by atoms with E-state index in [1.54, 1.807) is 7.05 Å². The molecule has 0 atom stereocenters. The molecule has 0 unspecified atom stereocenters. The van der Waals surface area contributed by atoms with Gasteiger partial charge in [-0.15, -0.1) is 0 Å². The summed E-state index contributed by atoms with van der Waals surface area (Å²) in [6.45, 7) is 9.71. The lowest BCUT2D eigenvalue weighted by Gasteiger charge is -2.23. The van der Waals surface area contributed by atoms with Crippen LogP contribution in [0, 0.1) is 0 Å². The molecule has 0 bridgehead atoms. The molecule has 0 heterocycles. The smallest absolute Gasteiger partial charge is 0.251 e. The second kappa shape index (κ2) is 7.67. The van der Waals surface area contributed by atoms with Gasteiger partial charge in [0, 0.05) is 24.7 Å². The zero-order chi connectivity index (χ0) is 15.9. The number of rotatable bonds is 4. The Bertz CT molecular complexity index is 486. The van der Waals surface area contributed by atoms with Crippen LogP contribution in [-0.2, 0) is 6.54 Å². The summed E-state index contributed by atoms with van der Waals surface area (Å²) in [7, 11) is 1.63. The lowest BCUT2D eigenvalue weighted by atomic mass is 10.1. The van der Waals surface area contributed by atoms with Crippen molar-refractivity contribution < 1.29 is 4.79 Å². The maximum atomic E-state index is 11.5. The van der Waals surface area contributed by atoms with Crippen LogP contribution in [0.25, 0.3) is 0 Å². The molecule has 116 valence electrons. The number of hydrogen-bond donors (Lipinski definition) is 3. The molecule has 0 spiro atoms. The molecule has 1 rings (SSSR count). The van der Waals surface area contributed by atoms with Crippen LogP contribution >= 0.6 is 0 Å². The Hall–Kier alpha value is -2.04. The van der Waals surface area contributed by atoms with E-state index in [0.29, 0.717) is 12.1 Å². The number of carbonyl (C=O) groups is 1. The molecule has 0 saturated heterocycles. The van der Waals surface area contributed by atoms with Gasteiger partial charge in [-0.25, -0.2) is 4.99 Å². The number of benzene rings is 1. The molecular formula is C16H26N4O. The zero-order valence-electron chi connectivity index (χ0n) is 13.6. The van der Waals surface area contributed by atoms with Gasteiger partial charge in [-0.1, -0.05) is 12.1 Å². The number of nitrogens with one attached hydrogen (secondary N) is 3. The molecule has 0 fully saturated rings. The molecule has 0 saturated carbocycles. The summed E-state index contributed by atoms with van der Waals surface area (Å²) >= 11 is 0. The van der Waals surface area contributed by atoms with E-state index in [1.165, 1.54) is 0 Å². The highest BCUT2D eigenvalue weighted by atomic mass is 16.1. The topological polar surface area (TPSA) is 65.5 Å². The van der Waals surface area contributed by atoms with Gasteiger partial charge in [0.1, 0.15) is 0 Å². The third-order valence-corrected chi connectivity index (χ3v) is 2.70. The first-order chi connectivity index (χ1) is 9.85. The quantitative estimate of drug-likeness (QED) is 0.586. The molecule has 3 N–H and O–H groups in total. The van der Waals surface area contributed by atoms with Gasteiger partial charge in [-0.2, -0.15) is 0 Å². The monoisotopic (exact) mass is 290 g/mol. The number of aliphatic imine (C=N–C) groups is 1. The molecule has 0 aliphatic rings. The van der Waals surface area contributed by atoms with Gasteiger partial charge < -0.3 is 16.0 Å². The summed E-state index contributed by atoms with van der Waals surface area (Å²) in [5.74, 6) is 0.716. The second-order valence-corrected chi connectivity index (χ2v) is 5.85. The maximum Gasteiger partial charge on any atom is 0.251 e. The third-order valence-electron chi connectivity index (χ3n) is 2.70. The van der Waals surface area contributed by atoms with E-state index in [-0.39, 0.29) is 11.4 Å². The Morgan fingerprint density at radius 1 is 1.19 bits per heavy atom. The van der Waals surface area contributed by atoms with Crippen molar-refractivity contribution >= 4 is 11.9 Å². The summed E-state index contributed by atoms with van der Waals surface area (Å²) in [5, 5.41) is 9.17. The molecule has 1 amide bonds. The SMILES string of the molecule is CCNC(=NCc1ccc(C(=O)NC)cc1)NC(C)(C)C. The number of hydrogen-bond acceptors (Lipinski definition) is 2. The van der Waals surface area contributed by atoms with Crippen LogP contribution in [0.3, 0.4) is 0 Å². The van der Waals surface area contributed by atoms with Crippen LogP contribution in [0.15, 0.2) is 29.3 Å². The average Bonchev–Trinajstić information content (AvgIpc) is 2.43. The highest BCUT2D eigenvalue weighted by Gasteiger charge is 2.11. The van der Waals surface area contributed by atoms with Crippen molar-refractivity contribution in [3.63, 3.8) is 0 Å². The Balaban J connectivity index is 2.73. The van der Waals surface area contributed by atoms with Crippen molar-refractivity contribution in [1.82, 2.24) is 16.0 Å². The maximum absolute atomic E-state index is 11.5. The molecular weight excluding hydrogens is 264 g/mol. The predicted molar refractivity (Wildman–Crippen MR) is 87.5 cm³/mol. The van der Waals surface area contributed by atoms with Gasteiger partial charge in [-0.3, -0.25) is 4.79 Å². The average molecular weight is 290 g/mol. The van der Waals surface area contributed by atoms with Crippen LogP contribution in [0.1, 0.15) is 43.6 Å². The third kappa shape index (κ3) is 6.29. The van der Waals surface area contributed by atoms with Crippen molar-refractivity contribution in [2.45, 2.75) is 39.8 Å². The fraction of sp³-hybridized carbons (Fsp3) is 0.500. The van der Waals surface area contributed by atoms with Crippen molar-refractivity contribution in [1.29, 1.82) is 0 Å². The summed E-state index contributed by atoms with van der Waals surface area (Å²) in [5.41, 5.74) is 1.68. The fourth-order valence-electron chi connectivity index (χ4n) is 1.74. The Morgan fingerprint density at radius 2 is 1.81 bits per heavy atom. The van der Waals surface area contributed by atoms with Gasteiger partial charge in [0.2, 0.25) is 0 Å². The first-order valence-electron chi connectivity index (χ1n) is 7.23. The van der Waals surface area contributed by atoms with E-state index < -0.39 is 0 Å². The van der Waals surface area contributed by atoms with E-state index in [2.05, 4.69) is 41.7 Å². The lowest BCUT2D eigenvalue weighted by molar-refractivity contribution is 0.0963. The molecule has 0 aliphatic carbocycles. The normalized spacial score (nSPS) is 12.0. The van der Waals surface area contributed by atoms with Gasteiger partial charge in [0.15, 0.2) is 5.96 Å². The highest BCUT2D eigenvalue weighted by molar-refractivity contribution is 5.93. The Labute approximate surface area is 127 Å². The zero-order valence-corrected chi connectivity index (χ0v) is 13.6. The van der Waals surface area contributed by atoms with Gasteiger partial charge in [0.25, 0.3) is 5.91 Å². The molecule has 0 aliphatic heterocycles. The van der Waals surface area contributed by atoms with Crippen molar-refractivity contribution in [2.75, 3.05) is 13.6 Å². The second-order valence-electron chi connectivity index (χ2n) is 5.85. The molecule has 5 nitrogen and oxygen atoms in total. The molecule has 1 aromatic rings. The van der Waals surface area contributed by atoms with Crippen LogP contribution in [0.5, 0.6) is 0 Å².